The molecule has 3 rings (SSSR count). The lowest BCUT2D eigenvalue weighted by molar-refractivity contribution is 0.101. The highest BCUT2D eigenvalue weighted by Gasteiger charge is 2.18. The molecule has 0 radical (unpaired) electrons. The Kier molecular flexibility index (Phi) is 7.41. The van der Waals surface area contributed by atoms with Crippen LogP contribution in [-0.2, 0) is 13.7 Å². The first-order valence-electron chi connectivity index (χ1n) is 10.0. The van der Waals surface area contributed by atoms with Gasteiger partial charge in [-0.15, -0.1) is 0 Å². The summed E-state index contributed by atoms with van der Waals surface area (Å²) < 4.78 is 18.6. The van der Waals surface area contributed by atoms with Crippen molar-refractivity contribution in [1.29, 1.82) is 0 Å². The Balaban J connectivity index is 1.62. The monoisotopic (exact) mass is 443 g/mol. The van der Waals surface area contributed by atoms with E-state index in [1.165, 1.54) is 4.68 Å². The van der Waals surface area contributed by atoms with Crippen molar-refractivity contribution in [3.05, 3.63) is 64.4 Å². The first-order chi connectivity index (χ1) is 14.9. The number of hydrogen-bond acceptors (Lipinski definition) is 5. The molecule has 1 aromatic heterocycles. The predicted octanol–water partition coefficient (Wildman–Crippen LogP) is 5.01. The van der Waals surface area contributed by atoms with E-state index in [0.717, 1.165) is 11.3 Å². The number of hydrogen-bond donors (Lipinski definition) is 1. The molecule has 0 bridgehead atoms. The number of rotatable bonds is 9. The maximum Gasteiger partial charge on any atom is 0.275 e. The number of nitrogens with one attached hydrogen (secondary N) is 1. The quantitative estimate of drug-likeness (QED) is 0.503. The van der Waals surface area contributed by atoms with E-state index in [1.54, 1.807) is 38.2 Å². The normalized spacial score (nSPS) is 10.6. The van der Waals surface area contributed by atoms with Gasteiger partial charge in [0.15, 0.2) is 11.5 Å². The number of aryl methyl sites for hydroxylation is 2. The highest BCUT2D eigenvalue weighted by Crippen LogP contribution is 2.29. The molecule has 7 nitrogen and oxygen atoms in total. The van der Waals surface area contributed by atoms with E-state index in [1.807, 2.05) is 32.0 Å². The third kappa shape index (κ3) is 5.49. The first-order valence-corrected chi connectivity index (χ1v) is 10.4. The number of carbonyl (C=O) groups excluding carboxylic acids is 1. The molecule has 0 aliphatic rings. The van der Waals surface area contributed by atoms with Gasteiger partial charge in [0.05, 0.1) is 23.9 Å². The number of ether oxygens (including phenoxy) is 3. The van der Waals surface area contributed by atoms with Crippen LogP contribution in [0.4, 0.5) is 5.69 Å². The molecule has 0 aliphatic heterocycles. The van der Waals surface area contributed by atoms with Crippen molar-refractivity contribution in [3.8, 4) is 17.2 Å². The number of carbonyl (C=O) groups is 1. The van der Waals surface area contributed by atoms with E-state index in [4.69, 9.17) is 25.8 Å². The summed E-state index contributed by atoms with van der Waals surface area (Å²) in [7, 11) is 1.68. The van der Waals surface area contributed by atoms with E-state index in [-0.39, 0.29) is 5.91 Å². The second-order valence-electron chi connectivity index (χ2n) is 6.79. The molecular formula is C23H26ClN3O4. The van der Waals surface area contributed by atoms with Crippen LogP contribution in [0.5, 0.6) is 17.2 Å². The molecule has 1 amide bonds. The summed E-state index contributed by atoms with van der Waals surface area (Å²) in [5, 5.41) is 7.33. The molecule has 0 saturated heterocycles. The maximum absolute atomic E-state index is 12.5. The maximum atomic E-state index is 12.5. The van der Waals surface area contributed by atoms with E-state index >= 15 is 0 Å². The van der Waals surface area contributed by atoms with Crippen LogP contribution in [0, 0.1) is 6.92 Å². The zero-order valence-electron chi connectivity index (χ0n) is 18.1. The SMILES string of the molecule is CCOc1ccc(COc2ccc(NC(=O)c3c(Cl)c(C)nn3C)cc2)cc1OCC. The van der Waals surface area contributed by atoms with Crippen LogP contribution in [0.3, 0.4) is 0 Å². The van der Waals surface area contributed by atoms with Crippen molar-refractivity contribution in [2.24, 2.45) is 7.05 Å². The van der Waals surface area contributed by atoms with Gasteiger partial charge < -0.3 is 19.5 Å². The van der Waals surface area contributed by atoms with Crippen LogP contribution < -0.4 is 19.5 Å². The van der Waals surface area contributed by atoms with Crippen molar-refractivity contribution >= 4 is 23.2 Å². The molecule has 1 heterocycles. The Hall–Kier alpha value is -3.19. The van der Waals surface area contributed by atoms with E-state index in [9.17, 15) is 4.79 Å². The van der Waals surface area contributed by atoms with Crippen LogP contribution in [0.15, 0.2) is 42.5 Å². The Labute approximate surface area is 186 Å². The van der Waals surface area contributed by atoms with Gasteiger partial charge in [0.25, 0.3) is 5.91 Å². The summed E-state index contributed by atoms with van der Waals surface area (Å²) in [5.41, 5.74) is 2.53. The van der Waals surface area contributed by atoms with Crippen LogP contribution in [0.25, 0.3) is 0 Å². The lowest BCUT2D eigenvalue weighted by Gasteiger charge is -2.13. The van der Waals surface area contributed by atoms with Crippen LogP contribution >= 0.6 is 11.6 Å². The molecule has 0 spiro atoms. The third-order valence-electron chi connectivity index (χ3n) is 4.49. The van der Waals surface area contributed by atoms with Crippen LogP contribution in [-0.4, -0.2) is 28.9 Å². The number of aromatic nitrogens is 2. The molecule has 0 aliphatic carbocycles. The zero-order valence-corrected chi connectivity index (χ0v) is 18.8. The Bertz CT molecular complexity index is 1050. The van der Waals surface area contributed by atoms with Crippen LogP contribution in [0.2, 0.25) is 5.02 Å². The van der Waals surface area contributed by atoms with Gasteiger partial charge >= 0.3 is 0 Å². The molecule has 0 saturated carbocycles. The highest BCUT2D eigenvalue weighted by atomic mass is 35.5. The largest absolute Gasteiger partial charge is 0.490 e. The molecule has 0 fully saturated rings. The smallest absolute Gasteiger partial charge is 0.275 e. The average molecular weight is 444 g/mol. The van der Waals surface area contributed by atoms with E-state index in [2.05, 4.69) is 10.4 Å². The molecule has 0 atom stereocenters. The van der Waals surface area contributed by atoms with Crippen molar-refractivity contribution in [3.63, 3.8) is 0 Å². The fourth-order valence-corrected chi connectivity index (χ4v) is 3.30. The molecule has 2 aromatic carbocycles. The summed E-state index contributed by atoms with van der Waals surface area (Å²) >= 11 is 6.18. The number of nitrogens with zero attached hydrogens (tertiary/aromatic N) is 2. The second-order valence-corrected chi connectivity index (χ2v) is 7.16. The lowest BCUT2D eigenvalue weighted by Crippen LogP contribution is -2.16. The summed E-state index contributed by atoms with van der Waals surface area (Å²) in [6.07, 6.45) is 0. The number of amides is 1. The van der Waals surface area contributed by atoms with Gasteiger partial charge in [-0.1, -0.05) is 17.7 Å². The van der Waals surface area contributed by atoms with E-state index in [0.29, 0.717) is 53.4 Å². The lowest BCUT2D eigenvalue weighted by atomic mass is 10.2. The Morgan fingerprint density at radius 1 is 1.03 bits per heavy atom. The van der Waals surface area contributed by atoms with Crippen molar-refractivity contribution in [2.45, 2.75) is 27.4 Å². The third-order valence-corrected chi connectivity index (χ3v) is 4.94. The minimum atomic E-state index is -0.320. The molecule has 8 heteroatoms. The summed E-state index contributed by atoms with van der Waals surface area (Å²) in [5.74, 6) is 1.78. The molecule has 0 unspecified atom stereocenters. The van der Waals surface area contributed by atoms with Crippen molar-refractivity contribution < 1.29 is 19.0 Å². The first kappa shape index (κ1) is 22.5. The number of anilines is 1. The van der Waals surface area contributed by atoms with Gasteiger partial charge in [-0.3, -0.25) is 9.48 Å². The Morgan fingerprint density at radius 2 is 1.71 bits per heavy atom. The van der Waals surface area contributed by atoms with Gasteiger partial charge in [-0.25, -0.2) is 0 Å². The predicted molar refractivity (Wildman–Crippen MR) is 120 cm³/mol. The molecule has 1 N–H and O–H groups in total. The average Bonchev–Trinajstić information content (AvgIpc) is 3.01. The Morgan fingerprint density at radius 3 is 2.32 bits per heavy atom. The van der Waals surface area contributed by atoms with E-state index < -0.39 is 0 Å². The molecule has 164 valence electrons. The minimum absolute atomic E-state index is 0.320. The molecular weight excluding hydrogens is 418 g/mol. The van der Waals surface area contributed by atoms with Crippen molar-refractivity contribution in [1.82, 2.24) is 9.78 Å². The standard InChI is InChI=1S/C23H26ClN3O4/c1-5-29-19-12-7-16(13-20(19)30-6-2)14-31-18-10-8-17(9-11-18)25-23(28)22-21(24)15(3)26-27(22)4/h7-13H,5-6,14H2,1-4H3,(H,25,28). The molecule has 3 aromatic rings. The summed E-state index contributed by atoms with van der Waals surface area (Å²) in [6.45, 7) is 7.13. The number of halogens is 1. The topological polar surface area (TPSA) is 74.6 Å². The number of benzene rings is 2. The second kappa shape index (κ2) is 10.2. The summed E-state index contributed by atoms with van der Waals surface area (Å²) in [4.78, 5) is 12.5. The zero-order chi connectivity index (χ0) is 22.4. The van der Waals surface area contributed by atoms with Gasteiger partial charge in [0, 0.05) is 12.7 Å². The van der Waals surface area contributed by atoms with Crippen LogP contribution in [0.1, 0.15) is 35.6 Å². The van der Waals surface area contributed by atoms with Gasteiger partial charge in [-0.2, -0.15) is 5.10 Å². The van der Waals surface area contributed by atoms with Gasteiger partial charge in [-0.05, 0) is 62.7 Å². The van der Waals surface area contributed by atoms with Gasteiger partial charge in [0.1, 0.15) is 18.1 Å². The fourth-order valence-electron chi connectivity index (χ4n) is 3.06. The summed E-state index contributed by atoms with van der Waals surface area (Å²) in [6, 6.07) is 12.9. The van der Waals surface area contributed by atoms with Crippen molar-refractivity contribution in [2.75, 3.05) is 18.5 Å². The fraction of sp³-hybridized carbons (Fsp3) is 0.304. The van der Waals surface area contributed by atoms with Gasteiger partial charge in [0.2, 0.25) is 0 Å². The minimum Gasteiger partial charge on any atom is -0.490 e. The molecule has 31 heavy (non-hydrogen) atoms. The highest BCUT2D eigenvalue weighted by molar-refractivity contribution is 6.34.